The van der Waals surface area contributed by atoms with Crippen molar-refractivity contribution in [3.05, 3.63) is 52.5 Å². The zero-order valence-electron chi connectivity index (χ0n) is 10.8. The second kappa shape index (κ2) is 6.83. The fraction of sp³-hybridized carbons (Fsp3) is 0.133. The van der Waals surface area contributed by atoms with Crippen LogP contribution in [0.15, 0.2) is 46.9 Å². The van der Waals surface area contributed by atoms with Gasteiger partial charge in [-0.3, -0.25) is 0 Å². The van der Waals surface area contributed by atoms with Crippen molar-refractivity contribution in [3.8, 4) is 11.8 Å². The minimum absolute atomic E-state index is 0.487. The van der Waals surface area contributed by atoms with Crippen LogP contribution in [0.4, 0.5) is 11.4 Å². The van der Waals surface area contributed by atoms with Gasteiger partial charge in [-0.1, -0.05) is 22.0 Å². The maximum atomic E-state index is 9.02. The zero-order chi connectivity index (χ0) is 14.4. The number of ether oxygens (including phenoxy) is 1. The van der Waals surface area contributed by atoms with Crippen molar-refractivity contribution in [2.45, 2.75) is 0 Å². The lowest BCUT2D eigenvalue weighted by Crippen LogP contribution is -2.12. The summed E-state index contributed by atoms with van der Waals surface area (Å²) in [6, 6.07) is 14.9. The van der Waals surface area contributed by atoms with Crippen LogP contribution in [0.5, 0.6) is 5.75 Å². The second-order valence-corrected chi connectivity index (χ2v) is 5.07. The van der Waals surface area contributed by atoms with E-state index in [-0.39, 0.29) is 0 Å². The number of anilines is 2. The van der Waals surface area contributed by atoms with Crippen molar-refractivity contribution in [3.63, 3.8) is 0 Å². The van der Waals surface area contributed by atoms with Crippen LogP contribution < -0.4 is 15.8 Å². The number of nitrogens with one attached hydrogen (secondary N) is 1. The molecular weight excluding hydrogens is 318 g/mol. The number of hydrogen-bond acceptors (Lipinski definition) is 4. The maximum Gasteiger partial charge on any atom is 0.121 e. The van der Waals surface area contributed by atoms with Crippen LogP contribution in [-0.2, 0) is 0 Å². The van der Waals surface area contributed by atoms with Crippen LogP contribution in [-0.4, -0.2) is 13.2 Å². The zero-order valence-corrected chi connectivity index (χ0v) is 12.4. The van der Waals surface area contributed by atoms with Gasteiger partial charge in [0.25, 0.3) is 0 Å². The molecule has 2 aromatic rings. The summed E-state index contributed by atoms with van der Waals surface area (Å²) in [7, 11) is 0. The Hall–Kier alpha value is -2.19. The van der Waals surface area contributed by atoms with E-state index < -0.39 is 0 Å². The first-order valence-corrected chi connectivity index (χ1v) is 6.90. The van der Waals surface area contributed by atoms with Gasteiger partial charge in [-0.2, -0.15) is 5.26 Å². The highest BCUT2D eigenvalue weighted by molar-refractivity contribution is 9.10. The van der Waals surface area contributed by atoms with E-state index >= 15 is 0 Å². The standard InChI is InChI=1S/C15H14BrN3O/c16-12-5-4-11(10-17)15(8-12)19-6-7-20-14-3-1-2-13(18)9-14/h1-5,8-9,19H,6-7,18H2. The lowest BCUT2D eigenvalue weighted by Gasteiger charge is -2.10. The molecule has 5 heteroatoms. The van der Waals surface area contributed by atoms with Crippen LogP contribution in [0.3, 0.4) is 0 Å². The summed E-state index contributed by atoms with van der Waals surface area (Å²) in [6.07, 6.45) is 0. The van der Waals surface area contributed by atoms with Crippen LogP contribution in [0.2, 0.25) is 0 Å². The van der Waals surface area contributed by atoms with Crippen molar-refractivity contribution in [1.29, 1.82) is 5.26 Å². The van der Waals surface area contributed by atoms with E-state index in [9.17, 15) is 0 Å². The monoisotopic (exact) mass is 331 g/mol. The molecule has 0 saturated heterocycles. The summed E-state index contributed by atoms with van der Waals surface area (Å²) in [5.41, 5.74) is 7.75. The van der Waals surface area contributed by atoms with E-state index in [1.807, 2.05) is 30.3 Å². The molecular formula is C15H14BrN3O. The Morgan fingerprint density at radius 3 is 2.85 bits per heavy atom. The summed E-state index contributed by atoms with van der Waals surface area (Å²) >= 11 is 3.38. The molecule has 0 heterocycles. The molecule has 2 rings (SSSR count). The molecule has 0 saturated carbocycles. The molecule has 0 amide bonds. The summed E-state index contributed by atoms with van der Waals surface area (Å²) < 4.78 is 6.50. The van der Waals surface area contributed by atoms with Crippen molar-refractivity contribution in [1.82, 2.24) is 0 Å². The highest BCUT2D eigenvalue weighted by Gasteiger charge is 2.02. The number of halogens is 1. The number of benzene rings is 2. The van der Waals surface area contributed by atoms with Gasteiger partial charge in [-0.15, -0.1) is 0 Å². The van der Waals surface area contributed by atoms with Crippen molar-refractivity contribution < 1.29 is 4.74 Å². The molecule has 0 aliphatic heterocycles. The summed E-state index contributed by atoms with van der Waals surface area (Å²) in [6.45, 7) is 1.08. The number of nitriles is 1. The topological polar surface area (TPSA) is 71.1 Å². The molecule has 20 heavy (non-hydrogen) atoms. The molecule has 102 valence electrons. The van der Waals surface area contributed by atoms with Crippen molar-refractivity contribution in [2.75, 3.05) is 24.2 Å². The van der Waals surface area contributed by atoms with E-state index in [0.29, 0.717) is 24.4 Å². The lowest BCUT2D eigenvalue weighted by atomic mass is 10.2. The predicted octanol–water partition coefficient (Wildman–Crippen LogP) is 3.39. The number of hydrogen-bond donors (Lipinski definition) is 2. The van der Waals surface area contributed by atoms with Gasteiger partial charge in [-0.05, 0) is 30.3 Å². The Morgan fingerprint density at radius 1 is 1.25 bits per heavy atom. The largest absolute Gasteiger partial charge is 0.492 e. The van der Waals surface area contributed by atoms with E-state index in [0.717, 1.165) is 15.9 Å². The van der Waals surface area contributed by atoms with Gasteiger partial charge in [0.15, 0.2) is 0 Å². The number of rotatable bonds is 5. The predicted molar refractivity (Wildman–Crippen MR) is 83.7 cm³/mol. The van der Waals surface area contributed by atoms with Gasteiger partial charge < -0.3 is 15.8 Å². The van der Waals surface area contributed by atoms with Crippen molar-refractivity contribution in [2.24, 2.45) is 0 Å². The van der Waals surface area contributed by atoms with Crippen LogP contribution in [0.25, 0.3) is 0 Å². The maximum absolute atomic E-state index is 9.02. The molecule has 0 atom stereocenters. The third kappa shape index (κ3) is 3.90. The normalized spacial score (nSPS) is 9.80. The Labute approximate surface area is 126 Å². The molecule has 0 unspecified atom stereocenters. The van der Waals surface area contributed by atoms with E-state index in [2.05, 4.69) is 27.3 Å². The molecule has 0 aliphatic carbocycles. The van der Waals surface area contributed by atoms with Gasteiger partial charge in [0, 0.05) is 22.8 Å². The fourth-order valence-electron chi connectivity index (χ4n) is 1.72. The third-order valence-electron chi connectivity index (χ3n) is 2.65. The average Bonchev–Trinajstić information content (AvgIpc) is 2.44. The smallest absolute Gasteiger partial charge is 0.121 e. The molecule has 2 aromatic carbocycles. The second-order valence-electron chi connectivity index (χ2n) is 4.15. The van der Waals surface area contributed by atoms with E-state index in [1.54, 1.807) is 12.1 Å². The fourth-order valence-corrected chi connectivity index (χ4v) is 2.08. The lowest BCUT2D eigenvalue weighted by molar-refractivity contribution is 0.333. The molecule has 0 bridgehead atoms. The Balaban J connectivity index is 1.87. The van der Waals surface area contributed by atoms with Gasteiger partial charge in [-0.25, -0.2) is 0 Å². The molecule has 0 fully saturated rings. The van der Waals surface area contributed by atoms with E-state index in [4.69, 9.17) is 15.7 Å². The minimum atomic E-state index is 0.487. The highest BCUT2D eigenvalue weighted by atomic mass is 79.9. The van der Waals surface area contributed by atoms with Crippen LogP contribution in [0, 0.1) is 11.3 Å². The van der Waals surface area contributed by atoms with Crippen LogP contribution >= 0.6 is 15.9 Å². The minimum Gasteiger partial charge on any atom is -0.492 e. The summed E-state index contributed by atoms with van der Waals surface area (Å²) in [5, 5.41) is 12.2. The first-order valence-electron chi connectivity index (χ1n) is 6.11. The highest BCUT2D eigenvalue weighted by Crippen LogP contribution is 2.20. The first kappa shape index (κ1) is 14.2. The molecule has 0 spiro atoms. The summed E-state index contributed by atoms with van der Waals surface area (Å²) in [5.74, 6) is 0.738. The number of nitrogen functional groups attached to an aromatic ring is 1. The van der Waals surface area contributed by atoms with Crippen molar-refractivity contribution >= 4 is 27.3 Å². The average molecular weight is 332 g/mol. The van der Waals surface area contributed by atoms with E-state index in [1.165, 1.54) is 0 Å². The Morgan fingerprint density at radius 2 is 2.10 bits per heavy atom. The quantitative estimate of drug-likeness (QED) is 0.650. The number of nitrogens with two attached hydrogens (primary N) is 1. The third-order valence-corrected chi connectivity index (χ3v) is 3.14. The van der Waals surface area contributed by atoms with Gasteiger partial charge in [0.1, 0.15) is 18.4 Å². The molecule has 0 aliphatic rings. The SMILES string of the molecule is N#Cc1ccc(Br)cc1NCCOc1cccc(N)c1. The Bertz CT molecular complexity index is 637. The number of nitrogens with zero attached hydrogens (tertiary/aromatic N) is 1. The Kier molecular flexibility index (Phi) is 4.85. The molecule has 0 aromatic heterocycles. The van der Waals surface area contributed by atoms with Gasteiger partial charge in [0.05, 0.1) is 11.3 Å². The van der Waals surface area contributed by atoms with Gasteiger partial charge >= 0.3 is 0 Å². The van der Waals surface area contributed by atoms with Gasteiger partial charge in [0.2, 0.25) is 0 Å². The molecule has 4 nitrogen and oxygen atoms in total. The first-order chi connectivity index (χ1) is 9.69. The summed E-state index contributed by atoms with van der Waals surface area (Å²) in [4.78, 5) is 0. The molecule has 3 N–H and O–H groups in total. The molecule has 0 radical (unpaired) electrons. The van der Waals surface area contributed by atoms with Crippen LogP contribution in [0.1, 0.15) is 5.56 Å².